The van der Waals surface area contributed by atoms with Gasteiger partial charge in [-0.3, -0.25) is 4.79 Å². The van der Waals surface area contributed by atoms with Gasteiger partial charge in [0.05, 0.1) is 6.42 Å². The first kappa shape index (κ1) is 17.6. The standard InChI is InChI=1S/C18H17F2NO3/c1-11-2-4-12(5-3-11)8-16(18(23)24)21-17(22)9-13-6-14(19)10-15(20)7-13/h2-7,10,16H,8-9H2,1H3,(H,21,22)(H,23,24)/t16-/m1/s1. The highest BCUT2D eigenvalue weighted by atomic mass is 19.1. The molecule has 0 fully saturated rings. The van der Waals surface area contributed by atoms with Gasteiger partial charge in [-0.05, 0) is 30.2 Å². The number of amides is 1. The minimum Gasteiger partial charge on any atom is -0.480 e. The normalized spacial score (nSPS) is 11.8. The Morgan fingerprint density at radius 2 is 1.62 bits per heavy atom. The summed E-state index contributed by atoms with van der Waals surface area (Å²) in [5.41, 5.74) is 1.96. The van der Waals surface area contributed by atoms with Crippen molar-refractivity contribution in [2.75, 3.05) is 0 Å². The fourth-order valence-corrected chi connectivity index (χ4v) is 2.30. The number of aliphatic carboxylic acids is 1. The molecule has 0 spiro atoms. The Labute approximate surface area is 138 Å². The van der Waals surface area contributed by atoms with Crippen LogP contribution < -0.4 is 5.32 Å². The Morgan fingerprint density at radius 3 is 2.17 bits per heavy atom. The molecule has 0 aliphatic heterocycles. The summed E-state index contributed by atoms with van der Waals surface area (Å²) in [4.78, 5) is 23.3. The zero-order valence-electron chi connectivity index (χ0n) is 13.1. The third-order valence-electron chi connectivity index (χ3n) is 3.48. The van der Waals surface area contributed by atoms with E-state index in [1.54, 1.807) is 12.1 Å². The Balaban J connectivity index is 2.02. The van der Waals surface area contributed by atoms with Crippen LogP contribution in [0.1, 0.15) is 16.7 Å². The van der Waals surface area contributed by atoms with E-state index in [1.165, 1.54) is 0 Å². The van der Waals surface area contributed by atoms with Crippen LogP contribution in [-0.2, 0) is 22.4 Å². The van der Waals surface area contributed by atoms with E-state index in [1.807, 2.05) is 19.1 Å². The van der Waals surface area contributed by atoms with Gasteiger partial charge in [0, 0.05) is 12.5 Å². The fraction of sp³-hybridized carbons (Fsp3) is 0.222. The molecule has 0 aliphatic rings. The second kappa shape index (κ2) is 7.68. The average Bonchev–Trinajstić information content (AvgIpc) is 2.47. The Bertz CT molecular complexity index is 724. The Hall–Kier alpha value is -2.76. The van der Waals surface area contributed by atoms with Gasteiger partial charge in [0.15, 0.2) is 0 Å². The lowest BCUT2D eigenvalue weighted by atomic mass is 10.0. The number of carboxylic acids is 1. The second-order valence-electron chi connectivity index (χ2n) is 5.60. The number of nitrogens with one attached hydrogen (secondary N) is 1. The molecule has 6 heteroatoms. The van der Waals surface area contributed by atoms with E-state index >= 15 is 0 Å². The highest BCUT2D eigenvalue weighted by Gasteiger charge is 2.20. The molecule has 126 valence electrons. The first-order chi connectivity index (χ1) is 11.3. The van der Waals surface area contributed by atoms with Crippen molar-refractivity contribution in [2.24, 2.45) is 0 Å². The topological polar surface area (TPSA) is 66.4 Å². The number of carbonyl (C=O) groups is 2. The molecule has 0 heterocycles. The molecule has 1 atom stereocenters. The maximum absolute atomic E-state index is 13.1. The summed E-state index contributed by atoms with van der Waals surface area (Å²) in [6.07, 6.45) is -0.175. The third kappa shape index (κ3) is 5.15. The average molecular weight is 333 g/mol. The number of rotatable bonds is 6. The van der Waals surface area contributed by atoms with Crippen LogP contribution in [0.3, 0.4) is 0 Å². The predicted molar refractivity (Wildman–Crippen MR) is 84.5 cm³/mol. The summed E-state index contributed by atoms with van der Waals surface area (Å²) in [6, 6.07) is 8.96. The molecule has 0 radical (unpaired) electrons. The number of benzene rings is 2. The second-order valence-corrected chi connectivity index (χ2v) is 5.60. The van der Waals surface area contributed by atoms with Crippen molar-refractivity contribution < 1.29 is 23.5 Å². The molecular formula is C18H17F2NO3. The molecule has 0 saturated heterocycles. The van der Waals surface area contributed by atoms with E-state index in [0.717, 1.165) is 23.3 Å². The zero-order chi connectivity index (χ0) is 17.7. The van der Waals surface area contributed by atoms with Crippen LogP contribution in [0.15, 0.2) is 42.5 Å². The van der Waals surface area contributed by atoms with Gasteiger partial charge in [0.25, 0.3) is 0 Å². The smallest absolute Gasteiger partial charge is 0.326 e. The molecule has 24 heavy (non-hydrogen) atoms. The summed E-state index contributed by atoms with van der Waals surface area (Å²) in [5, 5.41) is 11.6. The molecule has 2 aromatic rings. The molecule has 4 nitrogen and oxygen atoms in total. The lowest BCUT2D eigenvalue weighted by molar-refractivity contribution is -0.141. The van der Waals surface area contributed by atoms with E-state index in [4.69, 9.17) is 0 Å². The molecule has 0 unspecified atom stereocenters. The molecule has 1 amide bonds. The minimum atomic E-state index is -1.17. The Kier molecular flexibility index (Phi) is 5.63. The third-order valence-corrected chi connectivity index (χ3v) is 3.48. The quantitative estimate of drug-likeness (QED) is 0.854. The number of carboxylic acid groups (broad SMARTS) is 1. The lowest BCUT2D eigenvalue weighted by Gasteiger charge is -2.15. The highest BCUT2D eigenvalue weighted by Crippen LogP contribution is 2.10. The van der Waals surface area contributed by atoms with Crippen LogP contribution in [-0.4, -0.2) is 23.0 Å². The first-order valence-electron chi connectivity index (χ1n) is 7.36. The highest BCUT2D eigenvalue weighted by molar-refractivity contribution is 5.85. The maximum Gasteiger partial charge on any atom is 0.326 e. The molecular weight excluding hydrogens is 316 g/mol. The summed E-state index contributed by atoms with van der Waals surface area (Å²) in [7, 11) is 0. The van der Waals surface area contributed by atoms with Crippen LogP contribution in [0.2, 0.25) is 0 Å². The lowest BCUT2D eigenvalue weighted by Crippen LogP contribution is -2.43. The van der Waals surface area contributed by atoms with E-state index in [-0.39, 0.29) is 18.4 Å². The largest absolute Gasteiger partial charge is 0.480 e. The van der Waals surface area contributed by atoms with E-state index in [2.05, 4.69) is 5.32 Å². The van der Waals surface area contributed by atoms with Gasteiger partial charge >= 0.3 is 5.97 Å². The van der Waals surface area contributed by atoms with Gasteiger partial charge in [-0.2, -0.15) is 0 Å². The van der Waals surface area contributed by atoms with Crippen molar-refractivity contribution in [3.05, 3.63) is 70.8 Å². The van der Waals surface area contributed by atoms with Gasteiger partial charge in [0.2, 0.25) is 5.91 Å². The van der Waals surface area contributed by atoms with Gasteiger partial charge in [-0.15, -0.1) is 0 Å². The maximum atomic E-state index is 13.1. The number of halogens is 2. The van der Waals surface area contributed by atoms with Crippen molar-refractivity contribution in [2.45, 2.75) is 25.8 Å². The molecule has 2 N–H and O–H groups in total. The summed E-state index contributed by atoms with van der Waals surface area (Å²) in [5.74, 6) is -3.35. The molecule has 2 rings (SSSR count). The number of hydrogen-bond acceptors (Lipinski definition) is 2. The fourth-order valence-electron chi connectivity index (χ4n) is 2.30. The van der Waals surface area contributed by atoms with Gasteiger partial charge in [0.1, 0.15) is 17.7 Å². The Morgan fingerprint density at radius 1 is 1.04 bits per heavy atom. The van der Waals surface area contributed by atoms with Crippen LogP contribution in [0, 0.1) is 18.6 Å². The molecule has 0 aliphatic carbocycles. The number of carbonyl (C=O) groups excluding carboxylic acids is 1. The van der Waals surface area contributed by atoms with Gasteiger partial charge in [-0.1, -0.05) is 29.8 Å². The van der Waals surface area contributed by atoms with Crippen LogP contribution in [0.4, 0.5) is 8.78 Å². The first-order valence-corrected chi connectivity index (χ1v) is 7.36. The predicted octanol–water partition coefficient (Wildman–Crippen LogP) is 2.63. The summed E-state index contributed by atoms with van der Waals surface area (Å²) >= 11 is 0. The van der Waals surface area contributed by atoms with Crippen LogP contribution in [0.5, 0.6) is 0 Å². The van der Waals surface area contributed by atoms with E-state index in [0.29, 0.717) is 6.07 Å². The summed E-state index contributed by atoms with van der Waals surface area (Å²) < 4.78 is 26.2. The van der Waals surface area contributed by atoms with Crippen molar-refractivity contribution in [1.29, 1.82) is 0 Å². The molecule has 0 aromatic heterocycles. The van der Waals surface area contributed by atoms with Crippen molar-refractivity contribution in [3.63, 3.8) is 0 Å². The molecule has 2 aromatic carbocycles. The monoisotopic (exact) mass is 333 g/mol. The zero-order valence-corrected chi connectivity index (χ0v) is 13.1. The van der Waals surface area contributed by atoms with Crippen molar-refractivity contribution in [1.82, 2.24) is 5.32 Å². The SMILES string of the molecule is Cc1ccc(C[C@@H](NC(=O)Cc2cc(F)cc(F)c2)C(=O)O)cc1. The van der Waals surface area contributed by atoms with Gasteiger partial charge < -0.3 is 10.4 Å². The van der Waals surface area contributed by atoms with Gasteiger partial charge in [-0.25, -0.2) is 13.6 Å². The molecule has 0 bridgehead atoms. The summed E-state index contributed by atoms with van der Waals surface area (Å²) in [6.45, 7) is 1.92. The van der Waals surface area contributed by atoms with Crippen LogP contribution >= 0.6 is 0 Å². The molecule has 0 saturated carbocycles. The van der Waals surface area contributed by atoms with E-state index < -0.39 is 29.6 Å². The number of hydrogen-bond donors (Lipinski definition) is 2. The van der Waals surface area contributed by atoms with Crippen LogP contribution in [0.25, 0.3) is 0 Å². The van der Waals surface area contributed by atoms with Crippen molar-refractivity contribution in [3.8, 4) is 0 Å². The van der Waals surface area contributed by atoms with E-state index in [9.17, 15) is 23.5 Å². The minimum absolute atomic E-state index is 0.124. The van der Waals surface area contributed by atoms with Crippen molar-refractivity contribution >= 4 is 11.9 Å². The number of aryl methyl sites for hydroxylation is 1.